The molecule has 0 aliphatic heterocycles. The predicted molar refractivity (Wildman–Crippen MR) is 102 cm³/mol. The fourth-order valence-electron chi connectivity index (χ4n) is 2.36. The number of hydrogen-bond acceptors (Lipinski definition) is 4. The van der Waals surface area contributed by atoms with Gasteiger partial charge in [0.1, 0.15) is 11.6 Å². The van der Waals surface area contributed by atoms with Crippen molar-refractivity contribution in [2.45, 2.75) is 33.8 Å². The van der Waals surface area contributed by atoms with Gasteiger partial charge in [0.25, 0.3) is 5.56 Å². The SMILES string of the molecule is CCOc1cc(-c2cc(C)[nH]c(=O)c2C#N)cc(I)c1OC(C)C. The van der Waals surface area contributed by atoms with E-state index in [1.807, 2.05) is 39.0 Å². The number of pyridine rings is 1. The summed E-state index contributed by atoms with van der Waals surface area (Å²) in [6, 6.07) is 7.50. The summed E-state index contributed by atoms with van der Waals surface area (Å²) in [5.74, 6) is 1.28. The minimum absolute atomic E-state index is 0.0139. The molecule has 1 heterocycles. The third-order valence-corrected chi connectivity index (χ3v) is 4.05. The molecule has 1 aromatic heterocycles. The fraction of sp³-hybridized carbons (Fsp3) is 0.333. The lowest BCUT2D eigenvalue weighted by Gasteiger charge is -2.18. The van der Waals surface area contributed by atoms with Crippen LogP contribution in [0.2, 0.25) is 0 Å². The number of aromatic nitrogens is 1. The predicted octanol–water partition coefficient (Wildman–Crippen LogP) is 4.01. The molecule has 0 bridgehead atoms. The van der Waals surface area contributed by atoms with E-state index in [9.17, 15) is 10.1 Å². The highest BCUT2D eigenvalue weighted by atomic mass is 127. The van der Waals surface area contributed by atoms with Crippen LogP contribution >= 0.6 is 22.6 Å². The minimum atomic E-state index is -0.386. The van der Waals surface area contributed by atoms with Gasteiger partial charge in [0, 0.05) is 11.3 Å². The van der Waals surface area contributed by atoms with Crippen molar-refractivity contribution in [2.75, 3.05) is 6.61 Å². The maximum absolute atomic E-state index is 12.0. The molecular weight excluding hydrogens is 419 g/mol. The number of rotatable bonds is 5. The van der Waals surface area contributed by atoms with Gasteiger partial charge < -0.3 is 14.5 Å². The number of nitrogens with zero attached hydrogens (tertiary/aromatic N) is 1. The first-order chi connectivity index (χ1) is 11.4. The largest absolute Gasteiger partial charge is 0.490 e. The first kappa shape index (κ1) is 18.3. The molecular formula is C18H19IN2O3. The molecule has 0 amide bonds. The Morgan fingerprint density at radius 1 is 1.33 bits per heavy atom. The second kappa shape index (κ2) is 7.71. The number of ether oxygens (including phenoxy) is 2. The smallest absolute Gasteiger partial charge is 0.266 e. The number of H-pyrrole nitrogens is 1. The summed E-state index contributed by atoms with van der Waals surface area (Å²) in [6.45, 7) is 8.09. The lowest BCUT2D eigenvalue weighted by Crippen LogP contribution is -2.13. The van der Waals surface area contributed by atoms with Crippen molar-refractivity contribution in [1.29, 1.82) is 5.26 Å². The van der Waals surface area contributed by atoms with Crippen molar-refractivity contribution in [3.8, 4) is 28.7 Å². The monoisotopic (exact) mass is 438 g/mol. The Balaban J connectivity index is 2.69. The Bertz CT molecular complexity index is 851. The summed E-state index contributed by atoms with van der Waals surface area (Å²) in [6.07, 6.45) is 0.0139. The van der Waals surface area contributed by atoms with E-state index in [0.717, 1.165) is 9.13 Å². The Morgan fingerprint density at radius 2 is 2.04 bits per heavy atom. The molecule has 1 aromatic carbocycles. The topological polar surface area (TPSA) is 75.1 Å². The Hall–Kier alpha value is -2.01. The maximum atomic E-state index is 12.0. The Labute approximate surface area is 154 Å². The van der Waals surface area contributed by atoms with Gasteiger partial charge in [-0.1, -0.05) is 0 Å². The van der Waals surface area contributed by atoms with Gasteiger partial charge in [-0.15, -0.1) is 0 Å². The van der Waals surface area contributed by atoms with E-state index in [0.29, 0.717) is 29.4 Å². The molecule has 0 saturated carbocycles. The van der Waals surface area contributed by atoms with Gasteiger partial charge in [-0.05, 0) is 74.0 Å². The van der Waals surface area contributed by atoms with Crippen molar-refractivity contribution < 1.29 is 9.47 Å². The summed E-state index contributed by atoms with van der Waals surface area (Å²) < 4.78 is 12.4. The molecule has 6 heteroatoms. The van der Waals surface area contributed by atoms with E-state index < -0.39 is 0 Å². The van der Waals surface area contributed by atoms with E-state index >= 15 is 0 Å². The van der Waals surface area contributed by atoms with Gasteiger partial charge >= 0.3 is 0 Å². The third-order valence-electron chi connectivity index (χ3n) is 3.25. The first-order valence-corrected chi connectivity index (χ1v) is 8.72. The van der Waals surface area contributed by atoms with Crippen molar-refractivity contribution in [3.63, 3.8) is 0 Å². The van der Waals surface area contributed by atoms with Crippen LogP contribution < -0.4 is 15.0 Å². The summed E-state index contributed by atoms with van der Waals surface area (Å²) in [4.78, 5) is 14.7. The van der Waals surface area contributed by atoms with Crippen LogP contribution in [-0.4, -0.2) is 17.7 Å². The molecule has 0 aliphatic carbocycles. The molecule has 2 aromatic rings. The molecule has 1 N–H and O–H groups in total. The normalized spacial score (nSPS) is 10.5. The molecule has 0 spiro atoms. The maximum Gasteiger partial charge on any atom is 0.266 e. The van der Waals surface area contributed by atoms with E-state index in [2.05, 4.69) is 27.6 Å². The highest BCUT2D eigenvalue weighted by molar-refractivity contribution is 14.1. The zero-order chi connectivity index (χ0) is 17.9. The molecule has 0 atom stereocenters. The minimum Gasteiger partial charge on any atom is -0.490 e. The Kier molecular flexibility index (Phi) is 5.89. The summed E-state index contributed by atoms with van der Waals surface area (Å²) in [5, 5.41) is 9.34. The number of benzene rings is 1. The van der Waals surface area contributed by atoms with Crippen LogP contribution in [0, 0.1) is 21.8 Å². The highest BCUT2D eigenvalue weighted by Crippen LogP contribution is 2.38. The van der Waals surface area contributed by atoms with Gasteiger partial charge in [0.15, 0.2) is 11.5 Å². The lowest BCUT2D eigenvalue weighted by atomic mass is 10.0. The molecule has 5 nitrogen and oxygen atoms in total. The van der Waals surface area contributed by atoms with Crippen molar-refractivity contribution in [2.24, 2.45) is 0 Å². The van der Waals surface area contributed by atoms with Crippen molar-refractivity contribution >= 4 is 22.6 Å². The van der Waals surface area contributed by atoms with Gasteiger partial charge in [-0.3, -0.25) is 4.79 Å². The fourth-order valence-corrected chi connectivity index (χ4v) is 3.09. The van der Waals surface area contributed by atoms with Crippen molar-refractivity contribution in [1.82, 2.24) is 4.98 Å². The zero-order valence-corrected chi connectivity index (χ0v) is 16.2. The summed E-state index contributed by atoms with van der Waals surface area (Å²) in [5.41, 5.74) is 1.75. The number of halogens is 1. The average molecular weight is 438 g/mol. The molecule has 0 fully saturated rings. The lowest BCUT2D eigenvalue weighted by molar-refractivity contribution is 0.222. The second-order valence-electron chi connectivity index (χ2n) is 5.57. The number of nitrogens with one attached hydrogen (secondary N) is 1. The van der Waals surface area contributed by atoms with Gasteiger partial charge in [-0.25, -0.2) is 0 Å². The van der Waals surface area contributed by atoms with Crippen LogP contribution in [-0.2, 0) is 0 Å². The average Bonchev–Trinajstić information content (AvgIpc) is 2.49. The van der Waals surface area contributed by atoms with Crippen LogP contribution in [0.5, 0.6) is 11.5 Å². The molecule has 0 radical (unpaired) electrons. The van der Waals surface area contributed by atoms with Gasteiger partial charge in [0.2, 0.25) is 0 Å². The van der Waals surface area contributed by atoms with Crippen molar-refractivity contribution in [3.05, 3.63) is 43.4 Å². The number of hydrogen-bond donors (Lipinski definition) is 1. The quantitative estimate of drug-likeness (QED) is 0.716. The van der Waals surface area contributed by atoms with Gasteiger partial charge in [0.05, 0.1) is 16.3 Å². The summed E-state index contributed by atoms with van der Waals surface area (Å²) in [7, 11) is 0. The van der Waals surface area contributed by atoms with Crippen LogP contribution in [0.1, 0.15) is 32.0 Å². The van der Waals surface area contributed by atoms with E-state index in [1.54, 1.807) is 13.0 Å². The zero-order valence-electron chi connectivity index (χ0n) is 14.1. The standard InChI is InChI=1S/C18H19IN2O3/c1-5-23-16-8-12(7-15(19)17(16)24-10(2)3)13-6-11(4)21-18(22)14(13)9-20/h6-8,10H,5H2,1-4H3,(H,21,22). The molecule has 2 rings (SSSR count). The van der Waals surface area contributed by atoms with E-state index in [-0.39, 0.29) is 17.2 Å². The molecule has 0 unspecified atom stereocenters. The molecule has 0 saturated heterocycles. The molecule has 0 aliphatic rings. The van der Waals surface area contributed by atoms with Crippen LogP contribution in [0.3, 0.4) is 0 Å². The number of nitriles is 1. The molecule has 24 heavy (non-hydrogen) atoms. The first-order valence-electron chi connectivity index (χ1n) is 7.64. The Morgan fingerprint density at radius 3 is 2.62 bits per heavy atom. The van der Waals surface area contributed by atoms with E-state index in [1.165, 1.54) is 0 Å². The van der Waals surface area contributed by atoms with Crippen LogP contribution in [0.25, 0.3) is 11.1 Å². The number of aryl methyl sites for hydroxylation is 1. The van der Waals surface area contributed by atoms with Gasteiger partial charge in [-0.2, -0.15) is 5.26 Å². The van der Waals surface area contributed by atoms with Crippen LogP contribution in [0.15, 0.2) is 23.0 Å². The summed E-state index contributed by atoms with van der Waals surface area (Å²) >= 11 is 2.18. The number of aromatic amines is 1. The van der Waals surface area contributed by atoms with E-state index in [4.69, 9.17) is 9.47 Å². The third kappa shape index (κ3) is 3.90. The van der Waals surface area contributed by atoms with Crippen LogP contribution in [0.4, 0.5) is 0 Å². The highest BCUT2D eigenvalue weighted by Gasteiger charge is 2.17. The second-order valence-corrected chi connectivity index (χ2v) is 6.73. The molecule has 126 valence electrons.